The van der Waals surface area contributed by atoms with Gasteiger partial charge < -0.3 is 4.90 Å². The highest BCUT2D eigenvalue weighted by Gasteiger charge is 2.37. The zero-order valence-electron chi connectivity index (χ0n) is 13.5. The van der Waals surface area contributed by atoms with Gasteiger partial charge in [-0.25, -0.2) is 0 Å². The number of carbonyl (C=O) groups is 1. The molecule has 22 heavy (non-hydrogen) atoms. The van der Waals surface area contributed by atoms with Crippen molar-refractivity contribution in [3.63, 3.8) is 0 Å². The molecule has 2 atom stereocenters. The van der Waals surface area contributed by atoms with Crippen LogP contribution in [0.5, 0.6) is 0 Å². The van der Waals surface area contributed by atoms with E-state index >= 15 is 0 Å². The Labute approximate surface area is 133 Å². The molecule has 116 valence electrons. The van der Waals surface area contributed by atoms with E-state index in [1.165, 1.54) is 55.2 Å². The van der Waals surface area contributed by atoms with Gasteiger partial charge in [0.15, 0.2) is 0 Å². The summed E-state index contributed by atoms with van der Waals surface area (Å²) in [5.41, 5.74) is 4.86. The predicted molar refractivity (Wildman–Crippen MR) is 89.4 cm³/mol. The molecule has 0 bridgehead atoms. The van der Waals surface area contributed by atoms with E-state index < -0.39 is 0 Å². The van der Waals surface area contributed by atoms with Crippen molar-refractivity contribution < 1.29 is 4.79 Å². The summed E-state index contributed by atoms with van der Waals surface area (Å²) in [6.07, 6.45) is 8.54. The lowest BCUT2D eigenvalue weighted by Gasteiger charge is -2.44. The third-order valence-corrected chi connectivity index (χ3v) is 6.00. The minimum Gasteiger partial charge on any atom is -0.336 e. The van der Waals surface area contributed by atoms with Crippen molar-refractivity contribution in [3.8, 4) is 0 Å². The fourth-order valence-corrected chi connectivity index (χ4v) is 4.81. The second-order valence-corrected chi connectivity index (χ2v) is 7.19. The summed E-state index contributed by atoms with van der Waals surface area (Å²) in [6.45, 7) is 3.09. The average Bonchev–Trinajstić information content (AvgIpc) is 2.91. The van der Waals surface area contributed by atoms with E-state index in [9.17, 15) is 4.79 Å². The molecule has 2 heteroatoms. The maximum Gasteiger partial charge on any atom is 0.250 e. The largest absolute Gasteiger partial charge is 0.336 e. The minimum atomic E-state index is 0.324. The topological polar surface area (TPSA) is 20.3 Å². The second-order valence-electron chi connectivity index (χ2n) is 7.19. The summed E-state index contributed by atoms with van der Waals surface area (Å²) in [5.74, 6) is 1.08. The van der Waals surface area contributed by atoms with Crippen molar-refractivity contribution in [2.45, 2.75) is 57.9 Å². The summed E-state index contributed by atoms with van der Waals surface area (Å²) in [7, 11) is 0. The van der Waals surface area contributed by atoms with Gasteiger partial charge in [0.25, 0.3) is 5.91 Å². The molecule has 0 N–H and O–H groups in total. The molecule has 1 amide bonds. The second kappa shape index (κ2) is 5.57. The number of likely N-dealkylation sites (tertiary alicyclic amines) is 1. The molecule has 1 saturated carbocycles. The van der Waals surface area contributed by atoms with Crippen LogP contribution in [0.2, 0.25) is 0 Å². The van der Waals surface area contributed by atoms with Gasteiger partial charge in [-0.05, 0) is 55.2 Å². The Morgan fingerprint density at radius 3 is 2.73 bits per heavy atom. The maximum absolute atomic E-state index is 13.2. The number of benzene rings is 1. The van der Waals surface area contributed by atoms with Gasteiger partial charge in [-0.2, -0.15) is 0 Å². The quantitative estimate of drug-likeness (QED) is 0.760. The van der Waals surface area contributed by atoms with E-state index in [-0.39, 0.29) is 0 Å². The van der Waals surface area contributed by atoms with Crippen LogP contribution in [0.1, 0.15) is 56.6 Å². The Hall–Kier alpha value is -1.57. The van der Waals surface area contributed by atoms with Gasteiger partial charge in [0.1, 0.15) is 0 Å². The lowest BCUT2D eigenvalue weighted by Crippen LogP contribution is -2.50. The van der Waals surface area contributed by atoms with Crippen LogP contribution in [0.25, 0.3) is 5.57 Å². The molecule has 2 nitrogen and oxygen atoms in total. The lowest BCUT2D eigenvalue weighted by molar-refractivity contribution is -0.133. The zero-order chi connectivity index (χ0) is 15.1. The summed E-state index contributed by atoms with van der Waals surface area (Å²) in [5, 5.41) is 0. The molecule has 0 aromatic heterocycles. The molecule has 0 spiro atoms. The first-order valence-corrected chi connectivity index (χ1v) is 8.84. The van der Waals surface area contributed by atoms with Gasteiger partial charge in [0.05, 0.1) is 0 Å². The third-order valence-electron chi connectivity index (χ3n) is 6.00. The van der Waals surface area contributed by atoms with Crippen molar-refractivity contribution in [2.24, 2.45) is 5.92 Å². The fraction of sp³-hybridized carbons (Fsp3) is 0.550. The van der Waals surface area contributed by atoms with Gasteiger partial charge in [-0.1, -0.05) is 37.1 Å². The van der Waals surface area contributed by atoms with Crippen LogP contribution < -0.4 is 0 Å². The molecule has 3 aliphatic rings. The predicted octanol–water partition coefficient (Wildman–Crippen LogP) is 4.20. The van der Waals surface area contributed by atoms with Crippen LogP contribution >= 0.6 is 0 Å². The highest BCUT2D eigenvalue weighted by molar-refractivity contribution is 6.03. The smallest absolute Gasteiger partial charge is 0.250 e. The van der Waals surface area contributed by atoms with Crippen molar-refractivity contribution in [3.05, 3.63) is 41.0 Å². The number of fused-ring (bicyclic) bond motifs is 2. The Balaban J connectivity index is 1.61. The zero-order valence-corrected chi connectivity index (χ0v) is 13.5. The van der Waals surface area contributed by atoms with E-state index in [2.05, 4.69) is 36.1 Å². The van der Waals surface area contributed by atoms with Crippen molar-refractivity contribution in [1.82, 2.24) is 4.90 Å². The Kier molecular flexibility index (Phi) is 3.56. The molecular formula is C20H25NO. The highest BCUT2D eigenvalue weighted by atomic mass is 16.2. The van der Waals surface area contributed by atoms with Gasteiger partial charge >= 0.3 is 0 Å². The molecule has 2 aliphatic carbocycles. The molecule has 0 unspecified atom stereocenters. The summed E-state index contributed by atoms with van der Waals surface area (Å²) in [4.78, 5) is 15.4. The van der Waals surface area contributed by atoms with E-state index in [4.69, 9.17) is 0 Å². The maximum atomic E-state index is 13.2. The number of allylic oxidation sites excluding steroid dienone is 1. The van der Waals surface area contributed by atoms with Gasteiger partial charge in [0.2, 0.25) is 0 Å². The number of piperidine rings is 1. The SMILES string of the molecule is CC1=C(C(=O)N2CCC[C@H]3CCCC[C@H]32)Cc2ccccc21. The summed E-state index contributed by atoms with van der Waals surface area (Å²) < 4.78 is 0. The normalized spacial score (nSPS) is 27.6. The number of hydrogen-bond acceptors (Lipinski definition) is 1. The van der Waals surface area contributed by atoms with Crippen molar-refractivity contribution >= 4 is 11.5 Å². The first kappa shape index (κ1) is 14.0. The molecule has 1 aromatic rings. The first-order valence-electron chi connectivity index (χ1n) is 8.84. The highest BCUT2D eigenvalue weighted by Crippen LogP contribution is 2.38. The molecule has 4 rings (SSSR count). The van der Waals surface area contributed by atoms with E-state index in [1.807, 2.05) is 0 Å². The standard InChI is InChI=1S/C20H25NO/c1-14-17-10-4-2-8-16(17)13-18(14)20(22)21-12-6-9-15-7-3-5-11-19(15)21/h2,4,8,10,15,19H,3,5-7,9,11-13H2,1H3/t15-,19-/m1/s1. The Bertz CT molecular complexity index is 628. The Morgan fingerprint density at radius 1 is 1.09 bits per heavy atom. The molecule has 1 aliphatic heterocycles. The number of carbonyl (C=O) groups excluding carboxylic acids is 1. The minimum absolute atomic E-state index is 0.324. The van der Waals surface area contributed by atoms with Gasteiger partial charge in [0, 0.05) is 24.6 Å². The molecule has 1 saturated heterocycles. The van der Waals surface area contributed by atoms with Crippen molar-refractivity contribution in [1.29, 1.82) is 0 Å². The lowest BCUT2D eigenvalue weighted by atomic mass is 9.78. The molecule has 2 fully saturated rings. The average molecular weight is 295 g/mol. The molecule has 1 heterocycles. The number of hydrogen-bond donors (Lipinski definition) is 0. The monoisotopic (exact) mass is 295 g/mol. The van der Waals surface area contributed by atoms with E-state index in [1.54, 1.807) is 0 Å². The van der Waals surface area contributed by atoms with E-state index in [0.717, 1.165) is 24.5 Å². The van der Waals surface area contributed by atoms with Crippen LogP contribution in [0.15, 0.2) is 29.8 Å². The molecule has 0 radical (unpaired) electrons. The van der Waals surface area contributed by atoms with Crippen LogP contribution in [0.3, 0.4) is 0 Å². The molecular weight excluding hydrogens is 270 g/mol. The summed E-state index contributed by atoms with van der Waals surface area (Å²) in [6, 6.07) is 8.99. The number of nitrogens with zero attached hydrogens (tertiary/aromatic N) is 1. The third kappa shape index (κ3) is 2.20. The Morgan fingerprint density at radius 2 is 1.86 bits per heavy atom. The summed E-state index contributed by atoms with van der Waals surface area (Å²) >= 11 is 0. The van der Waals surface area contributed by atoms with E-state index in [0.29, 0.717) is 11.9 Å². The van der Waals surface area contributed by atoms with Crippen LogP contribution in [0.4, 0.5) is 0 Å². The van der Waals surface area contributed by atoms with Crippen molar-refractivity contribution in [2.75, 3.05) is 6.54 Å². The van der Waals surface area contributed by atoms with Gasteiger partial charge in [-0.3, -0.25) is 4.79 Å². The fourth-order valence-electron chi connectivity index (χ4n) is 4.81. The number of rotatable bonds is 1. The van der Waals surface area contributed by atoms with Crippen LogP contribution in [-0.2, 0) is 11.2 Å². The first-order chi connectivity index (χ1) is 10.8. The van der Waals surface area contributed by atoms with Crippen LogP contribution in [-0.4, -0.2) is 23.4 Å². The van der Waals surface area contributed by atoms with Gasteiger partial charge in [-0.15, -0.1) is 0 Å². The number of amides is 1. The molecule has 1 aromatic carbocycles. The van der Waals surface area contributed by atoms with Crippen LogP contribution in [0, 0.1) is 5.92 Å².